The lowest BCUT2D eigenvalue weighted by Gasteiger charge is -2.18. The molecule has 43 heavy (non-hydrogen) atoms. The first-order valence-corrected chi connectivity index (χ1v) is 13.9. The second-order valence-electron chi connectivity index (χ2n) is 9.90. The fourth-order valence-electron chi connectivity index (χ4n) is 4.31. The second kappa shape index (κ2) is 16.1. The topological polar surface area (TPSA) is 78.5 Å². The summed E-state index contributed by atoms with van der Waals surface area (Å²) in [5, 5.41) is 3.10. The molecule has 4 rings (SSSR count). The zero-order valence-corrected chi connectivity index (χ0v) is 25.0. The van der Waals surface area contributed by atoms with E-state index < -0.39 is 0 Å². The van der Waals surface area contributed by atoms with Crippen molar-refractivity contribution in [3.63, 3.8) is 0 Å². The molecular formula is C35H38N2O6. The van der Waals surface area contributed by atoms with Gasteiger partial charge in [0.1, 0.15) is 23.9 Å². The molecule has 8 heteroatoms. The number of hydrogen-bond acceptors (Lipinski definition) is 7. The number of hydrogen-bond donors (Lipinski definition) is 1. The third-order valence-electron chi connectivity index (χ3n) is 6.43. The summed E-state index contributed by atoms with van der Waals surface area (Å²) in [7, 11) is 7.15. The Bertz CT molecular complexity index is 1450. The molecule has 0 atom stereocenters. The van der Waals surface area contributed by atoms with E-state index in [1.54, 1.807) is 14.2 Å². The molecule has 4 aromatic rings. The van der Waals surface area contributed by atoms with Crippen molar-refractivity contribution in [3.8, 4) is 17.2 Å². The standard InChI is InChI=1S/C35H38N2O6/c1-37(2)22-23-41-30-20-14-29(15-21-30)36-35(38)34(28-12-18-32(19-13-28)43-25-40-4)33(26-8-6-5-7-9-26)27-10-16-31(17-11-27)42-24-39-3/h5-21H,22-25H2,1-4H3,(H,36,38)/b34-33+. The number of nitrogens with one attached hydrogen (secondary N) is 1. The van der Waals surface area contributed by atoms with Crippen molar-refractivity contribution in [2.24, 2.45) is 0 Å². The van der Waals surface area contributed by atoms with Gasteiger partial charge in [-0.05, 0) is 79.3 Å². The molecule has 224 valence electrons. The van der Waals surface area contributed by atoms with E-state index in [4.69, 9.17) is 23.7 Å². The molecule has 0 bridgehead atoms. The molecule has 0 aliphatic carbocycles. The predicted octanol–water partition coefficient (Wildman–Crippen LogP) is 6.19. The number of carbonyl (C=O) groups excluding carboxylic acids is 1. The maximum atomic E-state index is 14.2. The molecule has 0 saturated carbocycles. The van der Waals surface area contributed by atoms with Crippen LogP contribution in [-0.2, 0) is 14.3 Å². The summed E-state index contributed by atoms with van der Waals surface area (Å²) >= 11 is 0. The lowest BCUT2D eigenvalue weighted by atomic mass is 9.89. The molecule has 0 unspecified atom stereocenters. The number of ether oxygens (including phenoxy) is 5. The van der Waals surface area contributed by atoms with Crippen LogP contribution < -0.4 is 19.5 Å². The summed E-state index contributed by atoms with van der Waals surface area (Å²) in [4.78, 5) is 16.3. The number of rotatable bonds is 15. The molecule has 1 amide bonds. The van der Waals surface area contributed by atoms with Crippen molar-refractivity contribution in [2.45, 2.75) is 0 Å². The quantitative estimate of drug-likeness (QED) is 0.102. The van der Waals surface area contributed by atoms with Crippen molar-refractivity contribution in [3.05, 3.63) is 120 Å². The summed E-state index contributed by atoms with van der Waals surface area (Å²) in [5.74, 6) is 1.78. The van der Waals surface area contributed by atoms with Crippen molar-refractivity contribution in [1.82, 2.24) is 4.90 Å². The van der Waals surface area contributed by atoms with E-state index in [1.165, 1.54) is 0 Å². The smallest absolute Gasteiger partial charge is 0.256 e. The first kappa shape index (κ1) is 31.3. The predicted molar refractivity (Wildman–Crippen MR) is 169 cm³/mol. The van der Waals surface area contributed by atoms with Gasteiger partial charge in [0, 0.05) is 32.0 Å². The Balaban J connectivity index is 1.75. The molecule has 1 N–H and O–H groups in total. The minimum Gasteiger partial charge on any atom is -0.492 e. The SMILES string of the molecule is COCOc1ccc(/C(C(=O)Nc2ccc(OCCN(C)C)cc2)=C(/c2ccccc2)c2ccc(OCOC)cc2)cc1. The third-order valence-corrected chi connectivity index (χ3v) is 6.43. The number of nitrogens with zero attached hydrogens (tertiary/aromatic N) is 1. The number of anilines is 1. The van der Waals surface area contributed by atoms with Crippen LogP contribution in [0.3, 0.4) is 0 Å². The van der Waals surface area contributed by atoms with Gasteiger partial charge in [0.05, 0.1) is 5.57 Å². The summed E-state index contributed by atoms with van der Waals surface area (Å²) in [6.45, 7) is 1.66. The van der Waals surface area contributed by atoms with Gasteiger partial charge in [0.2, 0.25) is 0 Å². The van der Waals surface area contributed by atoms with E-state index in [0.29, 0.717) is 29.4 Å². The largest absolute Gasteiger partial charge is 0.492 e. The maximum absolute atomic E-state index is 14.2. The molecule has 0 radical (unpaired) electrons. The molecule has 0 saturated heterocycles. The molecule has 0 spiro atoms. The normalized spacial score (nSPS) is 11.6. The second-order valence-corrected chi connectivity index (χ2v) is 9.90. The van der Waals surface area contributed by atoms with E-state index in [-0.39, 0.29) is 19.5 Å². The van der Waals surface area contributed by atoms with Crippen LogP contribution in [0.15, 0.2) is 103 Å². The van der Waals surface area contributed by atoms with E-state index in [1.807, 2.05) is 117 Å². The van der Waals surface area contributed by atoms with Crippen LogP contribution in [0, 0.1) is 0 Å². The highest BCUT2D eigenvalue weighted by atomic mass is 16.7. The highest BCUT2D eigenvalue weighted by Gasteiger charge is 2.21. The van der Waals surface area contributed by atoms with Gasteiger partial charge < -0.3 is 33.9 Å². The molecule has 4 aromatic carbocycles. The van der Waals surface area contributed by atoms with Gasteiger partial charge >= 0.3 is 0 Å². The van der Waals surface area contributed by atoms with Crippen LogP contribution in [0.2, 0.25) is 0 Å². The van der Waals surface area contributed by atoms with Crippen LogP contribution in [0.25, 0.3) is 11.1 Å². The first-order chi connectivity index (χ1) is 21.0. The van der Waals surface area contributed by atoms with Gasteiger partial charge in [-0.25, -0.2) is 0 Å². The fourth-order valence-corrected chi connectivity index (χ4v) is 4.31. The lowest BCUT2D eigenvalue weighted by Crippen LogP contribution is -2.19. The zero-order chi connectivity index (χ0) is 30.4. The number of benzene rings is 4. The first-order valence-electron chi connectivity index (χ1n) is 13.9. The lowest BCUT2D eigenvalue weighted by molar-refractivity contribution is -0.111. The van der Waals surface area contributed by atoms with Crippen molar-refractivity contribution in [1.29, 1.82) is 0 Å². The third kappa shape index (κ3) is 9.18. The molecule has 0 aliphatic heterocycles. The van der Waals surface area contributed by atoms with Crippen LogP contribution in [0.5, 0.6) is 17.2 Å². The Hall–Kier alpha value is -4.63. The zero-order valence-electron chi connectivity index (χ0n) is 25.0. The van der Waals surface area contributed by atoms with E-state index in [0.717, 1.165) is 34.6 Å². The minimum absolute atomic E-state index is 0.129. The number of carbonyl (C=O) groups is 1. The van der Waals surface area contributed by atoms with Crippen LogP contribution in [-0.4, -0.2) is 65.9 Å². The van der Waals surface area contributed by atoms with Gasteiger partial charge in [-0.15, -0.1) is 0 Å². The minimum atomic E-state index is -0.259. The van der Waals surface area contributed by atoms with Crippen molar-refractivity contribution in [2.75, 3.05) is 60.4 Å². The molecule has 0 fully saturated rings. The molecule has 8 nitrogen and oxygen atoms in total. The van der Waals surface area contributed by atoms with Crippen LogP contribution in [0.4, 0.5) is 5.69 Å². The number of amides is 1. The van der Waals surface area contributed by atoms with E-state index >= 15 is 0 Å². The average Bonchev–Trinajstić information content (AvgIpc) is 3.03. The Labute approximate surface area is 253 Å². The molecule has 0 aliphatic rings. The van der Waals surface area contributed by atoms with Crippen LogP contribution >= 0.6 is 0 Å². The monoisotopic (exact) mass is 582 g/mol. The Morgan fingerprint density at radius 3 is 1.65 bits per heavy atom. The van der Waals surface area contributed by atoms with Crippen LogP contribution in [0.1, 0.15) is 16.7 Å². The van der Waals surface area contributed by atoms with Gasteiger partial charge in [-0.1, -0.05) is 54.6 Å². The van der Waals surface area contributed by atoms with Gasteiger partial charge in [0.25, 0.3) is 5.91 Å². The Kier molecular flexibility index (Phi) is 11.7. The average molecular weight is 583 g/mol. The van der Waals surface area contributed by atoms with Crippen molar-refractivity contribution < 1.29 is 28.5 Å². The number of likely N-dealkylation sites (N-methyl/N-ethyl adjacent to an activating group) is 1. The molecular weight excluding hydrogens is 544 g/mol. The highest BCUT2D eigenvalue weighted by Crippen LogP contribution is 2.35. The Morgan fingerprint density at radius 2 is 1.12 bits per heavy atom. The Morgan fingerprint density at radius 1 is 0.628 bits per heavy atom. The summed E-state index contributed by atoms with van der Waals surface area (Å²) < 4.78 is 27.1. The molecule has 0 heterocycles. The summed E-state index contributed by atoms with van der Waals surface area (Å²) in [6, 6.07) is 32.3. The summed E-state index contributed by atoms with van der Waals surface area (Å²) in [5.41, 5.74) is 4.39. The fraction of sp³-hybridized carbons (Fsp3) is 0.229. The maximum Gasteiger partial charge on any atom is 0.256 e. The molecule has 0 aromatic heterocycles. The van der Waals surface area contributed by atoms with Gasteiger partial charge in [-0.3, -0.25) is 4.79 Å². The number of methoxy groups -OCH3 is 2. The van der Waals surface area contributed by atoms with E-state index in [9.17, 15) is 4.79 Å². The van der Waals surface area contributed by atoms with E-state index in [2.05, 4.69) is 10.2 Å². The van der Waals surface area contributed by atoms with Crippen molar-refractivity contribution >= 4 is 22.7 Å². The van der Waals surface area contributed by atoms with Gasteiger partial charge in [-0.2, -0.15) is 0 Å². The summed E-state index contributed by atoms with van der Waals surface area (Å²) in [6.07, 6.45) is 0. The highest BCUT2D eigenvalue weighted by molar-refractivity contribution is 6.33. The van der Waals surface area contributed by atoms with Gasteiger partial charge in [0.15, 0.2) is 13.6 Å².